The molecule has 53 heavy (non-hydrogen) atoms. The Labute approximate surface area is 316 Å². The molecule has 1 fully saturated rings. The van der Waals surface area contributed by atoms with Gasteiger partial charge in [-0.05, 0) is 38.0 Å². The number of hydrogen-bond donors (Lipinski definition) is 6. The molecule has 0 aromatic carbocycles. The van der Waals surface area contributed by atoms with Crippen molar-refractivity contribution in [1.29, 1.82) is 0 Å². The van der Waals surface area contributed by atoms with Crippen LogP contribution in [0.1, 0.15) is 130 Å². The van der Waals surface area contributed by atoms with Gasteiger partial charge in [0.15, 0.2) is 12.4 Å². The summed E-state index contributed by atoms with van der Waals surface area (Å²) in [4.78, 5) is 35.0. The number of phosphoric ester groups is 1. The quantitative estimate of drug-likeness (QED) is 0.0225. The molecule has 310 valence electrons. The number of hydrogen-bond acceptors (Lipinski definition) is 13. The third-order valence-corrected chi connectivity index (χ3v) is 9.78. The van der Waals surface area contributed by atoms with Crippen LogP contribution in [0, 0.1) is 11.8 Å². The lowest BCUT2D eigenvalue weighted by atomic mass is 9.87. The summed E-state index contributed by atoms with van der Waals surface area (Å²) in [7, 11) is -4.69. The fraction of sp³-hybridized carbons (Fsp3) is 0.842. The minimum atomic E-state index is -4.69. The fourth-order valence-corrected chi connectivity index (χ4v) is 6.48. The van der Waals surface area contributed by atoms with Crippen LogP contribution in [-0.2, 0) is 37.4 Å². The largest absolute Gasteiger partial charge is 0.472 e. The molecule has 0 bridgehead atoms. The zero-order valence-electron chi connectivity index (χ0n) is 32.2. The number of ether oxygens (including phenoxy) is 3. The summed E-state index contributed by atoms with van der Waals surface area (Å²) in [6, 6.07) is 0. The second-order valence-corrected chi connectivity index (χ2v) is 15.8. The summed E-state index contributed by atoms with van der Waals surface area (Å²) in [6.45, 7) is 4.13. The molecule has 0 saturated carbocycles. The Morgan fingerprint density at radius 2 is 1.53 bits per heavy atom. The number of esters is 2. The summed E-state index contributed by atoms with van der Waals surface area (Å²) in [5.41, 5.74) is 0. The molecule has 14 nitrogen and oxygen atoms in total. The molecular formula is C38H69O14P. The van der Waals surface area contributed by atoms with E-state index in [1.165, 1.54) is 19.3 Å². The third-order valence-electron chi connectivity index (χ3n) is 8.83. The van der Waals surface area contributed by atoms with Crippen LogP contribution in [0.3, 0.4) is 0 Å². The Bertz CT molecular complexity index is 1070. The summed E-state index contributed by atoms with van der Waals surface area (Å²) in [5, 5.41) is 49.2. The van der Waals surface area contributed by atoms with Gasteiger partial charge in [-0.2, -0.15) is 0 Å². The Balaban J connectivity index is 2.60. The molecule has 1 heterocycles. The summed E-state index contributed by atoms with van der Waals surface area (Å²) in [5.74, 6) is -0.769. The maximum Gasteiger partial charge on any atom is 0.472 e. The van der Waals surface area contributed by atoms with Crippen molar-refractivity contribution in [2.24, 2.45) is 11.8 Å². The lowest BCUT2D eigenvalue weighted by molar-refractivity contribution is -0.199. The lowest BCUT2D eigenvalue weighted by Gasteiger charge is -2.36. The predicted octanol–water partition coefficient (Wildman–Crippen LogP) is 5.40. The van der Waals surface area contributed by atoms with Gasteiger partial charge in [-0.25, -0.2) is 4.57 Å². The van der Waals surface area contributed by atoms with Crippen molar-refractivity contribution in [2.75, 3.05) is 26.4 Å². The number of allylic oxidation sites excluding steroid dienone is 2. The number of carbonyl (C=O) groups is 2. The fourth-order valence-electron chi connectivity index (χ4n) is 5.69. The molecule has 0 aromatic rings. The van der Waals surface area contributed by atoms with Crippen LogP contribution in [0.2, 0.25) is 0 Å². The van der Waals surface area contributed by atoms with Gasteiger partial charge in [0.2, 0.25) is 0 Å². The minimum Gasteiger partial charge on any atom is -0.462 e. The van der Waals surface area contributed by atoms with Crippen LogP contribution in [0.15, 0.2) is 24.3 Å². The van der Waals surface area contributed by atoms with Crippen LogP contribution in [-0.4, -0.2) is 106 Å². The zero-order valence-corrected chi connectivity index (χ0v) is 33.1. The Hall–Kier alpha value is -1.71. The monoisotopic (exact) mass is 780 g/mol. The van der Waals surface area contributed by atoms with Gasteiger partial charge in [0.1, 0.15) is 12.7 Å². The predicted molar refractivity (Wildman–Crippen MR) is 199 cm³/mol. The molecule has 0 aliphatic carbocycles. The van der Waals surface area contributed by atoms with Crippen molar-refractivity contribution < 1.29 is 67.8 Å². The van der Waals surface area contributed by atoms with Crippen molar-refractivity contribution in [3.8, 4) is 0 Å². The first-order valence-electron chi connectivity index (χ1n) is 19.5. The van der Waals surface area contributed by atoms with Gasteiger partial charge < -0.3 is 44.6 Å². The number of aliphatic hydroxyl groups is 5. The van der Waals surface area contributed by atoms with Gasteiger partial charge in [-0.1, -0.05) is 103 Å². The van der Waals surface area contributed by atoms with E-state index in [9.17, 15) is 39.5 Å². The number of aliphatic hydroxyl groups excluding tert-OH is 5. The van der Waals surface area contributed by atoms with E-state index in [4.69, 9.17) is 23.8 Å². The second kappa shape index (κ2) is 29.6. The highest BCUT2D eigenvalue weighted by atomic mass is 31.2. The highest BCUT2D eigenvalue weighted by Gasteiger charge is 2.35. The summed E-state index contributed by atoms with van der Waals surface area (Å²) >= 11 is 0. The van der Waals surface area contributed by atoms with Crippen molar-refractivity contribution in [1.82, 2.24) is 0 Å². The average Bonchev–Trinajstić information content (AvgIpc) is 3.10. The van der Waals surface area contributed by atoms with Gasteiger partial charge >= 0.3 is 19.8 Å². The van der Waals surface area contributed by atoms with Crippen LogP contribution in [0.25, 0.3) is 0 Å². The summed E-state index contributed by atoms with van der Waals surface area (Å²) in [6.07, 6.45) is 13.8. The van der Waals surface area contributed by atoms with Crippen LogP contribution >= 0.6 is 7.82 Å². The van der Waals surface area contributed by atoms with E-state index in [1.54, 1.807) is 12.2 Å². The molecule has 0 radical (unpaired) electrons. The Kier molecular flexibility index (Phi) is 27.5. The van der Waals surface area contributed by atoms with Crippen molar-refractivity contribution >= 4 is 19.8 Å². The SMILES string of the molecule is CCCCC[C@H](O)/C=C/[C@H]1OC(O)C[C@H](O)[C@@H]1C/C=C\CCCC(=O)O[C@H](COC(=O)CCCCCCCCC(C)C)COP(=O)(O)OC[C@@H](O)CO. The van der Waals surface area contributed by atoms with Crippen molar-refractivity contribution in [2.45, 2.75) is 167 Å². The van der Waals surface area contributed by atoms with Gasteiger partial charge in [0.25, 0.3) is 0 Å². The van der Waals surface area contributed by atoms with E-state index in [-0.39, 0.29) is 25.2 Å². The molecule has 15 heteroatoms. The first-order chi connectivity index (χ1) is 25.3. The standard InChI is InChI=1S/C38H69O14P/c1-4-5-12-18-30(40)22-23-35-33(34(42)24-38(45)52-35)19-14-10-11-16-21-37(44)51-32(28-50-53(46,47)49-26-31(41)25-39)27-48-36(43)20-15-9-7-6-8-13-17-29(2)3/h10,14,22-23,29-35,38-42,45H,4-9,11-13,15-21,24-28H2,1-3H3,(H,46,47)/b14-10-,23-22+/t30-,31-,32+,33-,34-,35+,38?/m0/s1. The molecule has 0 amide bonds. The third kappa shape index (κ3) is 25.9. The van der Waals surface area contributed by atoms with Gasteiger partial charge in [0.05, 0.1) is 38.1 Å². The number of unbranched alkanes of at least 4 members (excludes halogenated alkanes) is 8. The molecule has 1 rings (SSSR count). The number of rotatable bonds is 31. The van der Waals surface area contributed by atoms with Crippen LogP contribution in [0.5, 0.6) is 0 Å². The van der Waals surface area contributed by atoms with Crippen molar-refractivity contribution in [3.63, 3.8) is 0 Å². The highest BCUT2D eigenvalue weighted by molar-refractivity contribution is 7.47. The van der Waals surface area contributed by atoms with Crippen LogP contribution < -0.4 is 0 Å². The van der Waals surface area contributed by atoms with E-state index >= 15 is 0 Å². The number of carbonyl (C=O) groups excluding carboxylic acids is 2. The lowest BCUT2D eigenvalue weighted by Crippen LogP contribution is -2.43. The molecule has 2 unspecified atom stereocenters. The number of phosphoric acid groups is 1. The van der Waals surface area contributed by atoms with E-state index in [2.05, 4.69) is 25.3 Å². The molecule has 0 spiro atoms. The van der Waals surface area contributed by atoms with E-state index in [0.717, 1.165) is 38.5 Å². The van der Waals surface area contributed by atoms with Gasteiger partial charge in [0, 0.05) is 25.2 Å². The van der Waals surface area contributed by atoms with Crippen molar-refractivity contribution in [3.05, 3.63) is 24.3 Å². The topological polar surface area (TPSA) is 219 Å². The maximum atomic E-state index is 12.7. The average molecular weight is 781 g/mol. The molecule has 1 aliphatic rings. The minimum absolute atomic E-state index is 0.00935. The smallest absolute Gasteiger partial charge is 0.462 e. The second-order valence-electron chi connectivity index (χ2n) is 14.3. The Morgan fingerprint density at radius 3 is 2.23 bits per heavy atom. The normalized spacial score (nSPS) is 22.2. The molecule has 6 N–H and O–H groups in total. The molecule has 0 aromatic heterocycles. The summed E-state index contributed by atoms with van der Waals surface area (Å²) < 4.78 is 38.2. The molecule has 8 atom stereocenters. The zero-order chi connectivity index (χ0) is 39.5. The molecular weight excluding hydrogens is 711 g/mol. The van der Waals surface area contributed by atoms with E-state index in [0.29, 0.717) is 38.0 Å². The molecule has 1 aliphatic heterocycles. The molecule has 1 saturated heterocycles. The first kappa shape index (κ1) is 49.3. The highest BCUT2D eigenvalue weighted by Crippen LogP contribution is 2.43. The van der Waals surface area contributed by atoms with Crippen LogP contribution in [0.4, 0.5) is 0 Å². The van der Waals surface area contributed by atoms with E-state index in [1.807, 2.05) is 12.2 Å². The first-order valence-corrected chi connectivity index (χ1v) is 21.0. The Morgan fingerprint density at radius 1 is 0.868 bits per heavy atom. The van der Waals surface area contributed by atoms with Gasteiger partial charge in [-0.15, -0.1) is 0 Å². The van der Waals surface area contributed by atoms with E-state index < -0.39 is 83.0 Å². The van der Waals surface area contributed by atoms with Gasteiger partial charge in [-0.3, -0.25) is 18.6 Å². The maximum absolute atomic E-state index is 12.7.